The van der Waals surface area contributed by atoms with Gasteiger partial charge in [0.15, 0.2) is 6.61 Å². The number of likely N-dealkylation sites (N-methyl/N-ethyl adjacent to an activating group) is 1. The Kier molecular flexibility index (Phi) is 7.44. The number of hydrogen-bond donors (Lipinski definition) is 3. The number of rotatable bonds is 8. The fourth-order valence-corrected chi connectivity index (χ4v) is 3.19. The van der Waals surface area contributed by atoms with Crippen molar-refractivity contribution in [2.45, 2.75) is 45.6 Å². The third kappa shape index (κ3) is 6.06. The molecule has 26 heavy (non-hydrogen) atoms. The van der Waals surface area contributed by atoms with Crippen molar-refractivity contribution in [2.24, 2.45) is 5.92 Å². The van der Waals surface area contributed by atoms with Crippen molar-refractivity contribution in [2.75, 3.05) is 18.5 Å². The van der Waals surface area contributed by atoms with Crippen LogP contribution in [0.15, 0.2) is 24.3 Å². The highest BCUT2D eigenvalue weighted by molar-refractivity contribution is 5.97. The van der Waals surface area contributed by atoms with Gasteiger partial charge in [0.25, 0.3) is 5.91 Å². The molecule has 1 aromatic rings. The second-order valence-electron chi connectivity index (χ2n) is 6.48. The van der Waals surface area contributed by atoms with E-state index in [0.29, 0.717) is 18.0 Å². The summed E-state index contributed by atoms with van der Waals surface area (Å²) in [5, 5.41) is 8.27. The maximum Gasteiger partial charge on any atom is 0.257 e. The first-order valence-electron chi connectivity index (χ1n) is 9.07. The number of benzene rings is 1. The monoisotopic (exact) mass is 361 g/mol. The lowest BCUT2D eigenvalue weighted by molar-refractivity contribution is -0.126. The number of hydrogen-bond acceptors (Lipinski definition) is 4. The van der Waals surface area contributed by atoms with E-state index in [1.54, 1.807) is 24.3 Å². The fourth-order valence-electron chi connectivity index (χ4n) is 3.19. The van der Waals surface area contributed by atoms with Crippen LogP contribution in [-0.2, 0) is 14.4 Å². The third-order valence-corrected chi connectivity index (χ3v) is 4.36. The molecule has 7 heteroatoms. The molecule has 1 fully saturated rings. The summed E-state index contributed by atoms with van der Waals surface area (Å²) in [5.74, 6) is 0.0139. The highest BCUT2D eigenvalue weighted by atomic mass is 16.5. The van der Waals surface area contributed by atoms with Gasteiger partial charge in [-0.2, -0.15) is 0 Å². The largest absolute Gasteiger partial charge is 0.484 e. The predicted octanol–water partition coefficient (Wildman–Crippen LogP) is 1.83. The van der Waals surface area contributed by atoms with E-state index in [-0.39, 0.29) is 30.2 Å². The van der Waals surface area contributed by atoms with Gasteiger partial charge in [-0.3, -0.25) is 14.4 Å². The van der Waals surface area contributed by atoms with E-state index in [0.717, 1.165) is 25.7 Å². The summed E-state index contributed by atoms with van der Waals surface area (Å²) in [4.78, 5) is 35.6. The van der Waals surface area contributed by atoms with E-state index in [1.165, 1.54) is 6.92 Å². The van der Waals surface area contributed by atoms with Gasteiger partial charge < -0.3 is 20.7 Å². The normalized spacial score (nSPS) is 15.2. The molecule has 1 atom stereocenters. The van der Waals surface area contributed by atoms with E-state index in [2.05, 4.69) is 16.0 Å². The Hall–Kier alpha value is -2.57. The average Bonchev–Trinajstić information content (AvgIpc) is 3.12. The van der Waals surface area contributed by atoms with Crippen LogP contribution in [0.4, 0.5) is 5.69 Å². The summed E-state index contributed by atoms with van der Waals surface area (Å²) >= 11 is 0. The molecular weight excluding hydrogens is 334 g/mol. The van der Waals surface area contributed by atoms with Crippen LogP contribution in [0.3, 0.4) is 0 Å². The average molecular weight is 361 g/mol. The van der Waals surface area contributed by atoms with E-state index >= 15 is 0 Å². The molecule has 1 saturated carbocycles. The first-order valence-corrected chi connectivity index (χ1v) is 9.07. The first-order chi connectivity index (χ1) is 12.5. The minimum absolute atomic E-state index is 0.0815. The number of carbonyl (C=O) groups is 3. The predicted molar refractivity (Wildman–Crippen MR) is 98.8 cm³/mol. The van der Waals surface area contributed by atoms with Crippen LogP contribution in [0.5, 0.6) is 5.75 Å². The number of ether oxygens (including phenoxy) is 1. The van der Waals surface area contributed by atoms with Crippen molar-refractivity contribution >= 4 is 23.4 Å². The van der Waals surface area contributed by atoms with Crippen LogP contribution in [0.25, 0.3) is 0 Å². The quantitative estimate of drug-likeness (QED) is 0.658. The van der Waals surface area contributed by atoms with E-state index in [9.17, 15) is 14.4 Å². The first kappa shape index (κ1) is 19.8. The number of nitrogens with one attached hydrogen (secondary N) is 3. The Morgan fingerprint density at radius 2 is 1.96 bits per heavy atom. The van der Waals surface area contributed by atoms with Crippen molar-refractivity contribution in [3.8, 4) is 5.75 Å². The molecule has 7 nitrogen and oxygen atoms in total. The highest BCUT2D eigenvalue weighted by Gasteiger charge is 2.31. The minimum Gasteiger partial charge on any atom is -0.484 e. The second-order valence-corrected chi connectivity index (χ2v) is 6.48. The van der Waals surface area contributed by atoms with Gasteiger partial charge in [0, 0.05) is 25.2 Å². The summed E-state index contributed by atoms with van der Waals surface area (Å²) in [6.45, 7) is 3.72. The van der Waals surface area contributed by atoms with Crippen LogP contribution < -0.4 is 20.7 Å². The Morgan fingerprint density at radius 3 is 2.62 bits per heavy atom. The standard InChI is InChI=1S/C19H27N3O4/c1-3-20-17(24)12-26-16-10-6-9-15(11-16)22-19(25)18(21-13(2)23)14-7-4-5-8-14/h6,9-11,14,18H,3-5,7-8,12H2,1-2H3,(H,20,24)(H,21,23)(H,22,25). The molecular formula is C19H27N3O4. The van der Waals surface area contributed by atoms with Crippen LogP contribution in [0, 0.1) is 5.92 Å². The third-order valence-electron chi connectivity index (χ3n) is 4.36. The van der Waals surface area contributed by atoms with Crippen LogP contribution in [0.1, 0.15) is 39.5 Å². The SMILES string of the molecule is CCNC(=O)COc1cccc(NC(=O)C(NC(C)=O)C2CCCC2)c1. The van der Waals surface area contributed by atoms with Gasteiger partial charge in [-0.1, -0.05) is 18.9 Å². The van der Waals surface area contributed by atoms with Gasteiger partial charge in [0.2, 0.25) is 11.8 Å². The summed E-state index contributed by atoms with van der Waals surface area (Å²) in [6.07, 6.45) is 4.04. The smallest absolute Gasteiger partial charge is 0.257 e. The van der Waals surface area contributed by atoms with Crippen LogP contribution >= 0.6 is 0 Å². The number of carbonyl (C=O) groups excluding carboxylic acids is 3. The maximum absolute atomic E-state index is 12.7. The van der Waals surface area contributed by atoms with Crippen molar-refractivity contribution in [3.63, 3.8) is 0 Å². The van der Waals surface area contributed by atoms with Gasteiger partial charge in [0.1, 0.15) is 11.8 Å². The molecule has 0 heterocycles. The molecule has 3 N–H and O–H groups in total. The number of amides is 3. The molecule has 0 spiro atoms. The van der Waals surface area contributed by atoms with Crippen molar-refractivity contribution in [3.05, 3.63) is 24.3 Å². The molecule has 0 aliphatic heterocycles. The summed E-state index contributed by atoms with van der Waals surface area (Å²) in [7, 11) is 0. The Balaban J connectivity index is 1.99. The number of anilines is 1. The zero-order valence-corrected chi connectivity index (χ0v) is 15.3. The van der Waals surface area contributed by atoms with Crippen molar-refractivity contribution in [1.29, 1.82) is 0 Å². The molecule has 1 aliphatic carbocycles. The Morgan fingerprint density at radius 1 is 1.23 bits per heavy atom. The Bertz CT molecular complexity index is 641. The molecule has 0 aromatic heterocycles. The van der Waals surface area contributed by atoms with Crippen LogP contribution in [-0.4, -0.2) is 36.9 Å². The molecule has 0 bridgehead atoms. The zero-order valence-electron chi connectivity index (χ0n) is 15.3. The van der Waals surface area contributed by atoms with Gasteiger partial charge in [-0.05, 0) is 37.8 Å². The molecule has 1 unspecified atom stereocenters. The highest BCUT2D eigenvalue weighted by Crippen LogP contribution is 2.28. The van der Waals surface area contributed by atoms with E-state index < -0.39 is 6.04 Å². The van der Waals surface area contributed by atoms with Crippen molar-refractivity contribution in [1.82, 2.24) is 10.6 Å². The van der Waals surface area contributed by atoms with Gasteiger partial charge >= 0.3 is 0 Å². The van der Waals surface area contributed by atoms with Crippen molar-refractivity contribution < 1.29 is 19.1 Å². The fraction of sp³-hybridized carbons (Fsp3) is 0.526. The molecule has 2 rings (SSSR count). The summed E-state index contributed by atoms with van der Waals surface area (Å²) in [5.41, 5.74) is 0.566. The van der Waals surface area contributed by atoms with Gasteiger partial charge in [0.05, 0.1) is 0 Å². The molecule has 0 radical (unpaired) electrons. The summed E-state index contributed by atoms with van der Waals surface area (Å²) < 4.78 is 5.43. The molecule has 0 saturated heterocycles. The zero-order chi connectivity index (χ0) is 18.9. The lowest BCUT2D eigenvalue weighted by atomic mass is 9.97. The molecule has 1 aromatic carbocycles. The van der Waals surface area contributed by atoms with Gasteiger partial charge in [-0.25, -0.2) is 0 Å². The molecule has 1 aliphatic rings. The molecule has 3 amide bonds. The maximum atomic E-state index is 12.7. The topological polar surface area (TPSA) is 96.5 Å². The van der Waals surface area contributed by atoms with E-state index in [1.807, 2.05) is 6.92 Å². The lowest BCUT2D eigenvalue weighted by Crippen LogP contribution is -2.47. The lowest BCUT2D eigenvalue weighted by Gasteiger charge is -2.23. The van der Waals surface area contributed by atoms with Crippen LogP contribution in [0.2, 0.25) is 0 Å². The van der Waals surface area contributed by atoms with Gasteiger partial charge in [-0.15, -0.1) is 0 Å². The summed E-state index contributed by atoms with van der Waals surface area (Å²) in [6, 6.07) is 6.34. The Labute approximate surface area is 153 Å². The minimum atomic E-state index is -0.532. The second kappa shape index (κ2) is 9.79. The van der Waals surface area contributed by atoms with E-state index in [4.69, 9.17) is 4.74 Å². The molecule has 142 valence electrons.